The number of hydrogen-bond acceptors (Lipinski definition) is 3. The minimum absolute atomic E-state index is 0.0797. The third kappa shape index (κ3) is 3.10. The second-order valence-electron chi connectivity index (χ2n) is 3.72. The van der Waals surface area contributed by atoms with Crippen molar-refractivity contribution in [3.8, 4) is 0 Å². The third-order valence-corrected chi connectivity index (χ3v) is 2.38. The van der Waals surface area contributed by atoms with Crippen LogP contribution in [0.15, 0.2) is 0 Å². The molecule has 0 radical (unpaired) electrons. The predicted molar refractivity (Wildman–Crippen MR) is 50.9 cm³/mol. The van der Waals surface area contributed by atoms with Crippen molar-refractivity contribution in [3.05, 3.63) is 0 Å². The Hall–Kier alpha value is -0.750. The van der Waals surface area contributed by atoms with E-state index in [0.29, 0.717) is 0 Å². The first kappa shape index (κ1) is 12.3. The number of ether oxygens (including phenoxy) is 1. The van der Waals surface area contributed by atoms with Crippen LogP contribution in [-0.2, 0) is 9.53 Å². The van der Waals surface area contributed by atoms with Crippen LogP contribution in [0.1, 0.15) is 6.42 Å². The lowest BCUT2D eigenvalue weighted by molar-refractivity contribution is -0.132. The summed E-state index contributed by atoms with van der Waals surface area (Å²) < 4.78 is 31.0. The first-order valence-electron chi connectivity index (χ1n) is 4.81. The molecule has 0 spiro atoms. The Morgan fingerprint density at radius 3 is 2.87 bits per heavy atom. The van der Waals surface area contributed by atoms with Crippen molar-refractivity contribution in [1.82, 2.24) is 10.2 Å². The molecular weight excluding hydrogens is 206 g/mol. The first-order valence-corrected chi connectivity index (χ1v) is 4.81. The fourth-order valence-electron chi connectivity index (χ4n) is 1.78. The van der Waals surface area contributed by atoms with Crippen LogP contribution in [0.25, 0.3) is 0 Å². The minimum atomic E-state index is -2.79. The highest BCUT2D eigenvalue weighted by Crippen LogP contribution is 2.31. The van der Waals surface area contributed by atoms with Gasteiger partial charge in [0, 0.05) is 13.5 Å². The summed E-state index contributed by atoms with van der Waals surface area (Å²) >= 11 is 0. The zero-order valence-electron chi connectivity index (χ0n) is 8.93. The van der Waals surface area contributed by atoms with E-state index in [1.54, 1.807) is 7.05 Å². The number of alkyl halides is 2. The van der Waals surface area contributed by atoms with E-state index in [2.05, 4.69) is 5.32 Å². The quantitative estimate of drug-likeness (QED) is 0.733. The van der Waals surface area contributed by atoms with Crippen molar-refractivity contribution in [2.45, 2.75) is 18.4 Å². The zero-order valence-corrected chi connectivity index (χ0v) is 8.93. The average Bonchev–Trinajstić information content (AvgIpc) is 2.42. The number of likely N-dealkylation sites (N-methyl/N-ethyl adjacent to an activating group) is 1. The lowest BCUT2D eigenvalue weighted by Crippen LogP contribution is -2.42. The molecule has 1 N–H and O–H groups in total. The van der Waals surface area contributed by atoms with Gasteiger partial charge in [0.05, 0.1) is 25.7 Å². The molecule has 0 bridgehead atoms. The minimum Gasteiger partial charge on any atom is -0.383 e. The SMILES string of the molecule is CNCC(=O)N1CC(F)(F)C[C@@H]1COC. The second kappa shape index (κ2) is 4.85. The van der Waals surface area contributed by atoms with Crippen LogP contribution < -0.4 is 5.32 Å². The maximum atomic E-state index is 13.1. The van der Waals surface area contributed by atoms with Crippen LogP contribution in [0.3, 0.4) is 0 Å². The Labute approximate surface area is 87.6 Å². The van der Waals surface area contributed by atoms with Crippen molar-refractivity contribution < 1.29 is 18.3 Å². The number of hydrogen-bond donors (Lipinski definition) is 1. The molecule has 0 saturated carbocycles. The highest BCUT2D eigenvalue weighted by Gasteiger charge is 2.46. The van der Waals surface area contributed by atoms with Gasteiger partial charge in [-0.25, -0.2) is 8.78 Å². The molecule has 0 aromatic heterocycles. The summed E-state index contributed by atoms with van der Waals surface area (Å²) in [4.78, 5) is 12.7. The summed E-state index contributed by atoms with van der Waals surface area (Å²) in [6.45, 7) is -0.261. The number of rotatable bonds is 4. The van der Waals surface area contributed by atoms with E-state index < -0.39 is 18.5 Å². The monoisotopic (exact) mass is 222 g/mol. The molecule has 15 heavy (non-hydrogen) atoms. The number of halogens is 2. The van der Waals surface area contributed by atoms with Gasteiger partial charge in [0.25, 0.3) is 5.92 Å². The lowest BCUT2D eigenvalue weighted by Gasteiger charge is -2.23. The molecule has 0 aromatic rings. The highest BCUT2D eigenvalue weighted by atomic mass is 19.3. The van der Waals surface area contributed by atoms with E-state index in [9.17, 15) is 13.6 Å². The van der Waals surface area contributed by atoms with Crippen LogP contribution in [0, 0.1) is 0 Å². The Bertz CT molecular complexity index is 236. The Balaban J connectivity index is 2.64. The number of carbonyl (C=O) groups excluding carboxylic acids is 1. The standard InChI is InChI=1S/C9H16F2N2O2/c1-12-4-8(14)13-6-9(10,11)3-7(13)5-15-2/h7,12H,3-6H2,1-2H3/t7-/m1/s1. The Kier molecular flexibility index (Phi) is 3.98. The van der Waals surface area contributed by atoms with Crippen LogP contribution in [0.4, 0.5) is 8.78 Å². The van der Waals surface area contributed by atoms with E-state index in [1.807, 2.05) is 0 Å². The smallest absolute Gasteiger partial charge is 0.267 e. The molecule has 0 aliphatic carbocycles. The predicted octanol–water partition coefficient (Wildman–Crippen LogP) is 0.0884. The topological polar surface area (TPSA) is 41.6 Å². The maximum absolute atomic E-state index is 13.1. The molecule has 0 unspecified atom stereocenters. The van der Waals surface area contributed by atoms with E-state index >= 15 is 0 Å². The number of amides is 1. The Morgan fingerprint density at radius 2 is 2.33 bits per heavy atom. The second-order valence-corrected chi connectivity index (χ2v) is 3.72. The van der Waals surface area contributed by atoms with Gasteiger partial charge in [-0.3, -0.25) is 4.79 Å². The third-order valence-electron chi connectivity index (χ3n) is 2.38. The molecule has 1 aliphatic rings. The van der Waals surface area contributed by atoms with Gasteiger partial charge in [-0.2, -0.15) is 0 Å². The molecule has 1 atom stereocenters. The van der Waals surface area contributed by atoms with Crippen molar-refractivity contribution in [1.29, 1.82) is 0 Å². The Morgan fingerprint density at radius 1 is 1.67 bits per heavy atom. The van der Waals surface area contributed by atoms with Gasteiger partial charge in [0.15, 0.2) is 0 Å². The fourth-order valence-corrected chi connectivity index (χ4v) is 1.78. The lowest BCUT2D eigenvalue weighted by atomic mass is 10.2. The molecule has 6 heteroatoms. The number of methoxy groups -OCH3 is 1. The summed E-state index contributed by atoms with van der Waals surface area (Å²) in [5, 5.41) is 2.66. The molecule has 0 aromatic carbocycles. The number of nitrogens with one attached hydrogen (secondary N) is 1. The summed E-state index contributed by atoms with van der Waals surface area (Å²) in [6, 6.07) is -0.508. The van der Waals surface area contributed by atoms with Crippen LogP contribution in [-0.4, -0.2) is 56.6 Å². The van der Waals surface area contributed by atoms with Gasteiger partial charge >= 0.3 is 0 Å². The van der Waals surface area contributed by atoms with Crippen LogP contribution in [0.2, 0.25) is 0 Å². The van der Waals surface area contributed by atoms with E-state index in [-0.39, 0.29) is 25.5 Å². The summed E-state index contributed by atoms with van der Waals surface area (Å²) in [5.74, 6) is -3.09. The van der Waals surface area contributed by atoms with E-state index in [1.165, 1.54) is 12.0 Å². The summed E-state index contributed by atoms with van der Waals surface area (Å²) in [6.07, 6.45) is -0.309. The molecule has 1 rings (SSSR count). The van der Waals surface area contributed by atoms with E-state index in [4.69, 9.17) is 4.74 Å². The largest absolute Gasteiger partial charge is 0.383 e. The fraction of sp³-hybridized carbons (Fsp3) is 0.889. The van der Waals surface area contributed by atoms with Gasteiger partial charge in [-0.05, 0) is 7.05 Å². The zero-order chi connectivity index (χ0) is 11.5. The number of carbonyl (C=O) groups is 1. The molecule has 4 nitrogen and oxygen atoms in total. The molecule has 1 fully saturated rings. The van der Waals surface area contributed by atoms with Gasteiger partial charge in [0.1, 0.15) is 0 Å². The molecule has 1 aliphatic heterocycles. The first-order chi connectivity index (χ1) is 7.00. The normalized spacial score (nSPS) is 24.5. The molecule has 1 saturated heterocycles. The molecular formula is C9H16F2N2O2. The molecule has 1 amide bonds. The van der Waals surface area contributed by atoms with Gasteiger partial charge in [-0.15, -0.1) is 0 Å². The number of nitrogens with zero attached hydrogens (tertiary/aromatic N) is 1. The van der Waals surface area contributed by atoms with Gasteiger partial charge in [-0.1, -0.05) is 0 Å². The van der Waals surface area contributed by atoms with Crippen molar-refractivity contribution >= 4 is 5.91 Å². The average molecular weight is 222 g/mol. The molecule has 1 heterocycles. The van der Waals surface area contributed by atoms with Crippen molar-refractivity contribution in [2.75, 3.05) is 33.9 Å². The van der Waals surface area contributed by atoms with Crippen LogP contribution in [0.5, 0.6) is 0 Å². The number of likely N-dealkylation sites (tertiary alicyclic amines) is 1. The van der Waals surface area contributed by atoms with Crippen molar-refractivity contribution in [2.24, 2.45) is 0 Å². The summed E-state index contributed by atoms with van der Waals surface area (Å²) in [7, 11) is 3.05. The van der Waals surface area contributed by atoms with Crippen LogP contribution >= 0.6 is 0 Å². The maximum Gasteiger partial charge on any atom is 0.267 e. The highest BCUT2D eigenvalue weighted by molar-refractivity contribution is 5.79. The van der Waals surface area contributed by atoms with Gasteiger partial charge in [0.2, 0.25) is 5.91 Å². The van der Waals surface area contributed by atoms with Gasteiger partial charge < -0.3 is 15.0 Å². The van der Waals surface area contributed by atoms with Crippen molar-refractivity contribution in [3.63, 3.8) is 0 Å². The summed E-state index contributed by atoms with van der Waals surface area (Å²) in [5.41, 5.74) is 0. The van der Waals surface area contributed by atoms with E-state index in [0.717, 1.165) is 0 Å². The molecule has 88 valence electrons.